The summed E-state index contributed by atoms with van der Waals surface area (Å²) in [5.74, 6) is 2.08. The summed E-state index contributed by atoms with van der Waals surface area (Å²) in [4.78, 5) is 2.24. The third-order valence-corrected chi connectivity index (χ3v) is 2.66. The summed E-state index contributed by atoms with van der Waals surface area (Å²) in [6.45, 7) is 2.67. The molecule has 0 aliphatic heterocycles. The highest BCUT2D eigenvalue weighted by molar-refractivity contribution is 7.98. The van der Waals surface area contributed by atoms with Gasteiger partial charge in [-0.3, -0.25) is 4.90 Å². The molecule has 0 unspecified atom stereocenters. The van der Waals surface area contributed by atoms with Crippen molar-refractivity contribution < 1.29 is 4.52 Å². The largest absolute Gasteiger partial charge is 0.360 e. The molecule has 0 saturated heterocycles. The predicted molar refractivity (Wildman–Crippen MR) is 64.0 cm³/mol. The van der Waals surface area contributed by atoms with Crippen molar-refractivity contribution in [2.75, 3.05) is 32.6 Å². The molecule has 0 radical (unpaired) electrons. The molecular weight excluding hydrogens is 210 g/mol. The number of nitrogens with zero attached hydrogens (tertiary/aromatic N) is 2. The highest BCUT2D eigenvalue weighted by Gasteiger charge is 2.06. The van der Waals surface area contributed by atoms with Gasteiger partial charge in [0.2, 0.25) is 0 Å². The van der Waals surface area contributed by atoms with Gasteiger partial charge < -0.3 is 9.84 Å². The van der Waals surface area contributed by atoms with Crippen molar-refractivity contribution in [2.24, 2.45) is 0 Å². The van der Waals surface area contributed by atoms with Gasteiger partial charge in [0.1, 0.15) is 0 Å². The molecule has 1 N–H and O–H groups in total. The second-order valence-corrected chi connectivity index (χ2v) is 4.53. The lowest BCUT2D eigenvalue weighted by molar-refractivity contribution is 0.283. The molecule has 4 nitrogen and oxygen atoms in total. The van der Waals surface area contributed by atoms with Crippen molar-refractivity contribution in [3.8, 4) is 0 Å². The Labute approximate surface area is 95.4 Å². The van der Waals surface area contributed by atoms with E-state index < -0.39 is 0 Å². The van der Waals surface area contributed by atoms with Crippen LogP contribution in [0.3, 0.4) is 0 Å². The number of hydrogen-bond acceptors (Lipinski definition) is 5. The van der Waals surface area contributed by atoms with Crippen molar-refractivity contribution in [3.63, 3.8) is 0 Å². The Bertz CT molecular complexity index is 277. The lowest BCUT2D eigenvalue weighted by Crippen LogP contribution is -2.20. The molecule has 15 heavy (non-hydrogen) atoms. The SMILES string of the molecule is CNCc1cc(CN(C)CCSC)on1. The van der Waals surface area contributed by atoms with Crippen LogP contribution in [0.2, 0.25) is 0 Å². The first kappa shape index (κ1) is 12.5. The minimum absolute atomic E-state index is 0.762. The number of nitrogens with one attached hydrogen (secondary N) is 1. The zero-order valence-corrected chi connectivity index (χ0v) is 10.4. The average molecular weight is 229 g/mol. The summed E-state index contributed by atoms with van der Waals surface area (Å²) in [7, 11) is 4.00. The molecule has 0 aliphatic carbocycles. The van der Waals surface area contributed by atoms with Crippen LogP contribution in [0.1, 0.15) is 11.5 Å². The van der Waals surface area contributed by atoms with E-state index in [9.17, 15) is 0 Å². The number of thioether (sulfide) groups is 1. The highest BCUT2D eigenvalue weighted by atomic mass is 32.2. The van der Waals surface area contributed by atoms with E-state index >= 15 is 0 Å². The Balaban J connectivity index is 2.35. The zero-order chi connectivity index (χ0) is 11.1. The smallest absolute Gasteiger partial charge is 0.151 e. The van der Waals surface area contributed by atoms with Gasteiger partial charge in [-0.2, -0.15) is 11.8 Å². The fourth-order valence-electron chi connectivity index (χ4n) is 1.29. The van der Waals surface area contributed by atoms with Crippen LogP contribution >= 0.6 is 11.8 Å². The van der Waals surface area contributed by atoms with Gasteiger partial charge >= 0.3 is 0 Å². The lowest BCUT2D eigenvalue weighted by atomic mass is 10.3. The molecule has 0 amide bonds. The number of rotatable bonds is 7. The molecule has 0 bridgehead atoms. The first-order chi connectivity index (χ1) is 7.26. The van der Waals surface area contributed by atoms with Gasteiger partial charge in [-0.15, -0.1) is 0 Å². The normalized spacial score (nSPS) is 11.2. The minimum Gasteiger partial charge on any atom is -0.360 e. The summed E-state index contributed by atoms with van der Waals surface area (Å²) in [5, 5.41) is 7.02. The van der Waals surface area contributed by atoms with Crippen LogP contribution in [-0.4, -0.2) is 42.7 Å². The predicted octanol–water partition coefficient (Wildman–Crippen LogP) is 1.19. The molecule has 1 aromatic heterocycles. The van der Waals surface area contributed by atoms with Crippen LogP contribution in [-0.2, 0) is 13.1 Å². The Morgan fingerprint density at radius 1 is 1.60 bits per heavy atom. The van der Waals surface area contributed by atoms with Crippen LogP contribution in [0.25, 0.3) is 0 Å². The Morgan fingerprint density at radius 2 is 2.40 bits per heavy atom. The van der Waals surface area contributed by atoms with E-state index in [1.165, 1.54) is 0 Å². The van der Waals surface area contributed by atoms with E-state index in [2.05, 4.69) is 28.7 Å². The molecule has 0 spiro atoms. The quantitative estimate of drug-likeness (QED) is 0.760. The molecular formula is C10H19N3OS. The summed E-state index contributed by atoms with van der Waals surface area (Å²) in [6.07, 6.45) is 2.12. The van der Waals surface area contributed by atoms with E-state index in [-0.39, 0.29) is 0 Å². The maximum Gasteiger partial charge on any atom is 0.151 e. The fraction of sp³-hybridized carbons (Fsp3) is 0.700. The highest BCUT2D eigenvalue weighted by Crippen LogP contribution is 2.06. The van der Waals surface area contributed by atoms with E-state index in [4.69, 9.17) is 4.52 Å². The molecule has 5 heteroatoms. The van der Waals surface area contributed by atoms with E-state index in [1.54, 1.807) is 0 Å². The molecule has 1 rings (SSSR count). The van der Waals surface area contributed by atoms with Crippen molar-refractivity contribution in [1.82, 2.24) is 15.4 Å². The van der Waals surface area contributed by atoms with Crippen molar-refractivity contribution in [2.45, 2.75) is 13.1 Å². The number of aromatic nitrogens is 1. The van der Waals surface area contributed by atoms with E-state index in [1.807, 2.05) is 24.9 Å². The molecule has 86 valence electrons. The van der Waals surface area contributed by atoms with E-state index in [0.717, 1.165) is 36.8 Å². The maximum absolute atomic E-state index is 5.23. The Hall–Kier alpha value is -0.520. The zero-order valence-electron chi connectivity index (χ0n) is 9.62. The van der Waals surface area contributed by atoms with Crippen LogP contribution in [0.4, 0.5) is 0 Å². The third-order valence-electron chi connectivity index (χ3n) is 2.07. The van der Waals surface area contributed by atoms with Crippen molar-refractivity contribution in [3.05, 3.63) is 17.5 Å². The summed E-state index contributed by atoms with van der Waals surface area (Å²) >= 11 is 1.86. The molecule has 0 fully saturated rings. The first-order valence-electron chi connectivity index (χ1n) is 5.02. The van der Waals surface area contributed by atoms with Gasteiger partial charge in [-0.05, 0) is 20.4 Å². The van der Waals surface area contributed by atoms with Gasteiger partial charge in [0.15, 0.2) is 5.76 Å². The lowest BCUT2D eigenvalue weighted by Gasteiger charge is -2.12. The summed E-state index contributed by atoms with van der Waals surface area (Å²) < 4.78 is 5.23. The minimum atomic E-state index is 0.762. The van der Waals surface area contributed by atoms with Gasteiger partial charge in [0.25, 0.3) is 0 Å². The molecule has 1 heterocycles. The van der Waals surface area contributed by atoms with Crippen LogP contribution in [0, 0.1) is 0 Å². The monoisotopic (exact) mass is 229 g/mol. The van der Waals surface area contributed by atoms with Crippen LogP contribution < -0.4 is 5.32 Å². The van der Waals surface area contributed by atoms with Gasteiger partial charge in [-0.1, -0.05) is 5.16 Å². The Morgan fingerprint density at radius 3 is 3.07 bits per heavy atom. The van der Waals surface area contributed by atoms with Crippen molar-refractivity contribution in [1.29, 1.82) is 0 Å². The topological polar surface area (TPSA) is 41.3 Å². The standard InChI is InChI=1S/C10H19N3OS/c1-11-7-9-6-10(14-12-9)8-13(2)4-5-15-3/h6,11H,4-5,7-8H2,1-3H3. The van der Waals surface area contributed by atoms with E-state index in [0.29, 0.717) is 0 Å². The fourth-order valence-corrected chi connectivity index (χ4v) is 1.78. The molecule has 1 aromatic rings. The van der Waals surface area contributed by atoms with Gasteiger partial charge in [0.05, 0.1) is 12.2 Å². The average Bonchev–Trinajstić information content (AvgIpc) is 2.63. The second kappa shape index (κ2) is 6.87. The van der Waals surface area contributed by atoms with Crippen LogP contribution in [0.15, 0.2) is 10.6 Å². The summed E-state index contributed by atoms with van der Waals surface area (Å²) in [5.41, 5.74) is 0.964. The van der Waals surface area contributed by atoms with Gasteiger partial charge in [-0.25, -0.2) is 0 Å². The van der Waals surface area contributed by atoms with Crippen molar-refractivity contribution >= 4 is 11.8 Å². The Kier molecular flexibility index (Phi) is 5.75. The maximum atomic E-state index is 5.23. The van der Waals surface area contributed by atoms with Crippen LogP contribution in [0.5, 0.6) is 0 Å². The molecule has 0 aromatic carbocycles. The number of hydrogen-bond donors (Lipinski definition) is 1. The second-order valence-electron chi connectivity index (χ2n) is 3.55. The summed E-state index contributed by atoms with van der Waals surface area (Å²) in [6, 6.07) is 2.01. The molecule has 0 atom stereocenters. The molecule has 0 aliphatic rings. The van der Waals surface area contributed by atoms with Gasteiger partial charge in [0, 0.05) is 24.9 Å². The first-order valence-corrected chi connectivity index (χ1v) is 6.42. The molecule has 0 saturated carbocycles. The third kappa shape index (κ3) is 4.68.